The van der Waals surface area contributed by atoms with Crippen LogP contribution in [0, 0.1) is 0 Å². The van der Waals surface area contributed by atoms with Gasteiger partial charge in [-0.1, -0.05) is 36.9 Å². The van der Waals surface area contributed by atoms with Crippen LogP contribution in [0.5, 0.6) is 11.5 Å². The summed E-state index contributed by atoms with van der Waals surface area (Å²) in [6.45, 7) is 4.38. The minimum atomic E-state index is 0.0221. The molecule has 0 radical (unpaired) electrons. The van der Waals surface area contributed by atoms with Gasteiger partial charge in [0.05, 0.1) is 5.56 Å². The molecule has 0 saturated carbocycles. The normalized spacial score (nSPS) is 15.1. The van der Waals surface area contributed by atoms with E-state index in [1.54, 1.807) is 12.1 Å². The molecule has 22 heavy (non-hydrogen) atoms. The Morgan fingerprint density at radius 2 is 1.91 bits per heavy atom. The molecule has 0 fully saturated rings. The molecule has 0 bridgehead atoms. The van der Waals surface area contributed by atoms with E-state index in [2.05, 4.69) is 6.58 Å². The molecule has 0 aromatic heterocycles. The Hall–Kier alpha value is -2.81. The Balaban J connectivity index is 1.81. The van der Waals surface area contributed by atoms with E-state index in [9.17, 15) is 4.79 Å². The van der Waals surface area contributed by atoms with Crippen LogP contribution in [0.3, 0.4) is 0 Å². The molecule has 0 spiro atoms. The van der Waals surface area contributed by atoms with E-state index in [0.717, 1.165) is 11.3 Å². The van der Waals surface area contributed by atoms with Crippen LogP contribution in [-0.4, -0.2) is 19.0 Å². The predicted molar refractivity (Wildman–Crippen MR) is 86.4 cm³/mol. The summed E-state index contributed by atoms with van der Waals surface area (Å²) in [6, 6.07) is 14.9. The topological polar surface area (TPSA) is 35.5 Å². The van der Waals surface area contributed by atoms with Gasteiger partial charge < -0.3 is 9.47 Å². The Kier molecular flexibility index (Phi) is 4.05. The first kappa shape index (κ1) is 14.1. The molecule has 0 aliphatic carbocycles. The fourth-order valence-corrected chi connectivity index (χ4v) is 2.30. The van der Waals surface area contributed by atoms with Crippen molar-refractivity contribution in [1.82, 2.24) is 0 Å². The molecule has 1 aliphatic heterocycles. The third-order valence-corrected chi connectivity index (χ3v) is 3.40. The fourth-order valence-electron chi connectivity index (χ4n) is 2.30. The first-order valence-corrected chi connectivity index (χ1v) is 7.09. The second-order valence-electron chi connectivity index (χ2n) is 4.95. The maximum absolute atomic E-state index is 12.4. The van der Waals surface area contributed by atoms with E-state index in [1.165, 1.54) is 0 Å². The number of ether oxygens (including phenoxy) is 2. The van der Waals surface area contributed by atoms with Crippen molar-refractivity contribution in [3.63, 3.8) is 0 Å². The van der Waals surface area contributed by atoms with Gasteiger partial charge in [0.15, 0.2) is 5.78 Å². The van der Waals surface area contributed by atoms with Crippen molar-refractivity contribution >= 4 is 11.9 Å². The van der Waals surface area contributed by atoms with Gasteiger partial charge in [-0.3, -0.25) is 4.79 Å². The summed E-state index contributed by atoms with van der Waals surface area (Å²) < 4.78 is 11.1. The molecule has 3 nitrogen and oxygen atoms in total. The molecule has 110 valence electrons. The molecule has 1 aliphatic rings. The van der Waals surface area contributed by atoms with E-state index in [0.29, 0.717) is 30.1 Å². The number of Topliss-reactive ketones (excluding diaryl/α,β-unsaturated/α-hetero) is 1. The second-order valence-corrected chi connectivity index (χ2v) is 4.95. The van der Waals surface area contributed by atoms with Crippen LogP contribution in [0.1, 0.15) is 15.9 Å². The molecule has 1 heterocycles. The number of hydrogen-bond acceptors (Lipinski definition) is 3. The molecule has 3 rings (SSSR count). The predicted octanol–water partition coefficient (Wildman–Crippen LogP) is 3.91. The number of carbonyl (C=O) groups is 1. The highest BCUT2D eigenvalue weighted by atomic mass is 16.5. The molecular weight excluding hydrogens is 276 g/mol. The van der Waals surface area contributed by atoms with Crippen LogP contribution >= 0.6 is 0 Å². The van der Waals surface area contributed by atoms with Gasteiger partial charge in [-0.25, -0.2) is 0 Å². The minimum absolute atomic E-state index is 0.0221. The highest BCUT2D eigenvalue weighted by Gasteiger charge is 2.22. The Bertz CT molecular complexity index is 727. The van der Waals surface area contributed by atoms with Crippen molar-refractivity contribution < 1.29 is 14.3 Å². The third-order valence-electron chi connectivity index (χ3n) is 3.40. The van der Waals surface area contributed by atoms with Gasteiger partial charge in [-0.05, 0) is 35.9 Å². The molecule has 0 unspecified atom stereocenters. The fraction of sp³-hybridized carbons (Fsp3) is 0.105. The summed E-state index contributed by atoms with van der Waals surface area (Å²) in [7, 11) is 0. The van der Waals surface area contributed by atoms with Crippen LogP contribution in [-0.2, 0) is 0 Å². The summed E-state index contributed by atoms with van der Waals surface area (Å²) in [5.74, 6) is 1.45. The van der Waals surface area contributed by atoms with Gasteiger partial charge >= 0.3 is 0 Å². The van der Waals surface area contributed by atoms with Gasteiger partial charge in [0.1, 0.15) is 24.7 Å². The van der Waals surface area contributed by atoms with E-state index in [1.807, 2.05) is 48.5 Å². The zero-order valence-electron chi connectivity index (χ0n) is 12.1. The first-order valence-electron chi connectivity index (χ1n) is 7.09. The molecular formula is C19H16O3. The molecule has 0 atom stereocenters. The van der Waals surface area contributed by atoms with Crippen molar-refractivity contribution in [2.75, 3.05) is 13.2 Å². The first-order chi connectivity index (χ1) is 10.8. The lowest BCUT2D eigenvalue weighted by molar-refractivity contribution is 0.100. The molecule has 2 aromatic rings. The SMILES string of the molecule is C=CCOc1ccc(/C=C2\COc3ccccc3C2=O)cc1. The Morgan fingerprint density at radius 1 is 1.14 bits per heavy atom. The summed E-state index contributed by atoms with van der Waals surface area (Å²) in [5.41, 5.74) is 2.21. The zero-order valence-corrected chi connectivity index (χ0v) is 12.1. The second kappa shape index (κ2) is 6.31. The lowest BCUT2D eigenvalue weighted by Gasteiger charge is -2.18. The van der Waals surface area contributed by atoms with Crippen molar-refractivity contribution in [2.24, 2.45) is 0 Å². The molecule has 0 N–H and O–H groups in total. The van der Waals surface area contributed by atoms with Crippen LogP contribution in [0.15, 0.2) is 66.8 Å². The van der Waals surface area contributed by atoms with Crippen LogP contribution in [0.4, 0.5) is 0 Å². The standard InChI is InChI=1S/C19H16O3/c1-2-11-21-16-9-7-14(8-10-16)12-15-13-22-18-6-4-3-5-17(18)19(15)20/h2-10,12H,1,11,13H2/b15-12+. The quantitative estimate of drug-likeness (QED) is 0.633. The number of hydrogen-bond donors (Lipinski definition) is 0. The maximum Gasteiger partial charge on any atom is 0.196 e. The smallest absolute Gasteiger partial charge is 0.196 e. The summed E-state index contributed by atoms with van der Waals surface area (Å²) in [4.78, 5) is 12.4. The van der Waals surface area contributed by atoms with E-state index in [-0.39, 0.29) is 5.78 Å². The lowest BCUT2D eigenvalue weighted by Crippen LogP contribution is -2.18. The van der Waals surface area contributed by atoms with Crippen LogP contribution in [0.25, 0.3) is 6.08 Å². The number of benzene rings is 2. The average Bonchev–Trinajstić information content (AvgIpc) is 2.57. The van der Waals surface area contributed by atoms with Gasteiger partial charge in [-0.2, -0.15) is 0 Å². The summed E-state index contributed by atoms with van der Waals surface area (Å²) in [6.07, 6.45) is 3.56. The van der Waals surface area contributed by atoms with Crippen molar-refractivity contribution in [2.45, 2.75) is 0 Å². The number of ketones is 1. The summed E-state index contributed by atoms with van der Waals surface area (Å²) in [5, 5.41) is 0. The molecule has 0 amide bonds. The van der Waals surface area contributed by atoms with E-state index < -0.39 is 0 Å². The largest absolute Gasteiger partial charge is 0.490 e. The van der Waals surface area contributed by atoms with Crippen LogP contribution < -0.4 is 9.47 Å². The van der Waals surface area contributed by atoms with E-state index >= 15 is 0 Å². The zero-order chi connectivity index (χ0) is 15.4. The molecule has 3 heteroatoms. The van der Waals surface area contributed by atoms with Crippen LogP contribution in [0.2, 0.25) is 0 Å². The summed E-state index contributed by atoms with van der Waals surface area (Å²) >= 11 is 0. The van der Waals surface area contributed by atoms with Gasteiger partial charge in [0.2, 0.25) is 0 Å². The van der Waals surface area contributed by atoms with Crippen molar-refractivity contribution in [1.29, 1.82) is 0 Å². The number of rotatable bonds is 4. The van der Waals surface area contributed by atoms with Gasteiger partial charge in [0, 0.05) is 5.57 Å². The van der Waals surface area contributed by atoms with Gasteiger partial charge in [0.25, 0.3) is 0 Å². The maximum atomic E-state index is 12.4. The number of carbonyl (C=O) groups excluding carboxylic acids is 1. The number of para-hydroxylation sites is 1. The number of fused-ring (bicyclic) bond motifs is 1. The van der Waals surface area contributed by atoms with Gasteiger partial charge in [-0.15, -0.1) is 0 Å². The Labute approximate surface area is 129 Å². The minimum Gasteiger partial charge on any atom is -0.490 e. The lowest BCUT2D eigenvalue weighted by atomic mass is 9.98. The molecule has 2 aromatic carbocycles. The van der Waals surface area contributed by atoms with Crippen molar-refractivity contribution in [3.05, 3.63) is 77.9 Å². The monoisotopic (exact) mass is 292 g/mol. The third kappa shape index (κ3) is 2.93. The average molecular weight is 292 g/mol. The highest BCUT2D eigenvalue weighted by molar-refractivity contribution is 6.14. The van der Waals surface area contributed by atoms with Crippen molar-refractivity contribution in [3.8, 4) is 11.5 Å². The molecule has 0 saturated heterocycles. The van der Waals surface area contributed by atoms with E-state index in [4.69, 9.17) is 9.47 Å². The highest BCUT2D eigenvalue weighted by Crippen LogP contribution is 2.27. The Morgan fingerprint density at radius 3 is 2.68 bits per heavy atom.